The van der Waals surface area contributed by atoms with Gasteiger partial charge in [-0.3, -0.25) is 19.2 Å². The molecule has 0 aromatic heterocycles. The third kappa shape index (κ3) is 10.1. The zero-order chi connectivity index (χ0) is 23.4. The highest BCUT2D eigenvalue weighted by Crippen LogP contribution is 2.28. The first kappa shape index (κ1) is 26.8. The highest BCUT2D eigenvalue weighted by Gasteiger charge is 2.51. The lowest BCUT2D eigenvalue weighted by Gasteiger charge is -2.44. The maximum atomic E-state index is 11.8. The van der Waals surface area contributed by atoms with E-state index in [1.165, 1.54) is 27.7 Å². The van der Waals surface area contributed by atoms with Crippen molar-refractivity contribution in [1.82, 2.24) is 5.32 Å². The lowest BCUT2D eigenvalue weighted by Crippen LogP contribution is -2.66. The van der Waals surface area contributed by atoms with Gasteiger partial charge in [-0.15, -0.1) is 0 Å². The summed E-state index contributed by atoms with van der Waals surface area (Å²) in [5.41, 5.74) is 5.49. The van der Waals surface area contributed by atoms with Crippen molar-refractivity contribution in [1.29, 1.82) is 0 Å². The molecule has 0 aliphatic carbocycles. The van der Waals surface area contributed by atoms with E-state index in [0.717, 1.165) is 25.7 Å². The molecule has 1 aliphatic rings. The predicted molar refractivity (Wildman–Crippen MR) is 107 cm³/mol. The molecular formula is C20H34N2O9. The zero-order valence-corrected chi connectivity index (χ0v) is 18.6. The smallest absolute Gasteiger partial charge is 0.303 e. The first-order valence-electron chi connectivity index (χ1n) is 10.4. The molecule has 0 radical (unpaired) electrons. The van der Waals surface area contributed by atoms with Crippen LogP contribution in [0, 0.1) is 0 Å². The maximum Gasteiger partial charge on any atom is 0.303 e. The van der Waals surface area contributed by atoms with Gasteiger partial charge in [0.15, 0.2) is 18.5 Å². The van der Waals surface area contributed by atoms with Gasteiger partial charge >= 0.3 is 17.9 Å². The number of hydrogen-bond acceptors (Lipinski definition) is 10. The van der Waals surface area contributed by atoms with Gasteiger partial charge in [-0.05, 0) is 19.4 Å². The number of amides is 1. The maximum absolute atomic E-state index is 11.8. The molecule has 1 amide bonds. The van der Waals surface area contributed by atoms with Gasteiger partial charge in [0.2, 0.25) is 5.91 Å². The minimum atomic E-state index is -1.12. The number of rotatable bonds is 12. The SMILES string of the molecule is CC(=O)NC1[C@H](OCCCCCCN)OC(COC(C)=O)[C@H](OC(C)=O)[C@@H]1OC(C)=O. The molecule has 0 aromatic rings. The predicted octanol–water partition coefficient (Wildman–Crippen LogP) is 0.178. The van der Waals surface area contributed by atoms with Crippen LogP contribution >= 0.6 is 0 Å². The van der Waals surface area contributed by atoms with Crippen molar-refractivity contribution in [3.05, 3.63) is 0 Å². The topological polar surface area (TPSA) is 152 Å². The Kier molecular flexibility index (Phi) is 12.1. The third-order valence-electron chi connectivity index (χ3n) is 4.45. The third-order valence-corrected chi connectivity index (χ3v) is 4.45. The van der Waals surface area contributed by atoms with Gasteiger partial charge in [-0.2, -0.15) is 0 Å². The van der Waals surface area contributed by atoms with Crippen LogP contribution in [0.3, 0.4) is 0 Å². The molecule has 3 N–H and O–H groups in total. The van der Waals surface area contributed by atoms with Gasteiger partial charge in [-0.1, -0.05) is 12.8 Å². The van der Waals surface area contributed by atoms with Crippen LogP contribution in [0.1, 0.15) is 53.4 Å². The van der Waals surface area contributed by atoms with Gasteiger partial charge in [0.05, 0.1) is 0 Å². The number of nitrogens with two attached hydrogens (primary N) is 1. The fraction of sp³-hybridized carbons (Fsp3) is 0.800. The molecule has 5 atom stereocenters. The second kappa shape index (κ2) is 13.9. The molecule has 0 spiro atoms. The lowest BCUT2D eigenvalue weighted by atomic mass is 9.96. The number of carbonyl (C=O) groups is 4. The van der Waals surface area contributed by atoms with E-state index in [2.05, 4.69) is 5.32 Å². The Hall–Kier alpha value is -2.24. The van der Waals surface area contributed by atoms with Crippen LogP contribution in [-0.4, -0.2) is 74.2 Å². The van der Waals surface area contributed by atoms with Crippen LogP contribution in [0.2, 0.25) is 0 Å². The molecule has 1 rings (SSSR count). The average molecular weight is 446 g/mol. The number of nitrogens with one attached hydrogen (secondary N) is 1. The highest BCUT2D eigenvalue weighted by atomic mass is 16.7. The summed E-state index contributed by atoms with van der Waals surface area (Å²) in [6.07, 6.45) is -0.719. The molecule has 11 heteroatoms. The summed E-state index contributed by atoms with van der Waals surface area (Å²) in [5.74, 6) is -2.27. The van der Waals surface area contributed by atoms with Gasteiger partial charge in [0.1, 0.15) is 18.8 Å². The summed E-state index contributed by atoms with van der Waals surface area (Å²) >= 11 is 0. The molecule has 178 valence electrons. The molecule has 0 bridgehead atoms. The van der Waals surface area contributed by atoms with Crippen LogP contribution in [0.4, 0.5) is 0 Å². The molecule has 1 fully saturated rings. The van der Waals surface area contributed by atoms with E-state index in [9.17, 15) is 19.2 Å². The Labute approximate surface area is 182 Å². The molecule has 31 heavy (non-hydrogen) atoms. The summed E-state index contributed by atoms with van der Waals surface area (Å²) in [7, 11) is 0. The largest absolute Gasteiger partial charge is 0.463 e. The molecule has 0 aromatic carbocycles. The Morgan fingerprint density at radius 2 is 1.48 bits per heavy atom. The Morgan fingerprint density at radius 3 is 2.03 bits per heavy atom. The van der Waals surface area contributed by atoms with Crippen molar-refractivity contribution < 1.29 is 42.9 Å². The molecule has 2 unspecified atom stereocenters. The van der Waals surface area contributed by atoms with Gasteiger partial charge in [0.25, 0.3) is 0 Å². The van der Waals surface area contributed by atoms with Crippen molar-refractivity contribution in [2.24, 2.45) is 5.73 Å². The van der Waals surface area contributed by atoms with Crippen molar-refractivity contribution in [3.8, 4) is 0 Å². The zero-order valence-electron chi connectivity index (χ0n) is 18.6. The summed E-state index contributed by atoms with van der Waals surface area (Å²) < 4.78 is 27.5. The van der Waals surface area contributed by atoms with Gasteiger partial charge in [0, 0.05) is 34.3 Å². The minimum absolute atomic E-state index is 0.256. The van der Waals surface area contributed by atoms with E-state index in [-0.39, 0.29) is 6.61 Å². The van der Waals surface area contributed by atoms with Crippen LogP contribution in [0.25, 0.3) is 0 Å². The second-order valence-corrected chi connectivity index (χ2v) is 7.29. The van der Waals surface area contributed by atoms with Crippen molar-refractivity contribution in [2.45, 2.75) is 84.0 Å². The fourth-order valence-corrected chi connectivity index (χ4v) is 3.23. The summed E-state index contributed by atoms with van der Waals surface area (Å²) in [6, 6.07) is -0.941. The fourth-order valence-electron chi connectivity index (χ4n) is 3.23. The Balaban J connectivity index is 3.07. The lowest BCUT2D eigenvalue weighted by molar-refractivity contribution is -0.277. The quantitative estimate of drug-likeness (QED) is 0.241. The Bertz CT molecular complexity index is 613. The number of ether oxygens (including phenoxy) is 5. The molecule has 1 aliphatic heterocycles. The van der Waals surface area contributed by atoms with E-state index in [1.54, 1.807) is 0 Å². The van der Waals surface area contributed by atoms with E-state index in [1.807, 2.05) is 0 Å². The van der Waals surface area contributed by atoms with E-state index < -0.39 is 54.5 Å². The summed E-state index contributed by atoms with van der Waals surface area (Å²) in [4.78, 5) is 46.5. The van der Waals surface area contributed by atoms with E-state index >= 15 is 0 Å². The first-order valence-corrected chi connectivity index (χ1v) is 10.4. The minimum Gasteiger partial charge on any atom is -0.463 e. The summed E-state index contributed by atoms with van der Waals surface area (Å²) in [6.45, 7) is 5.58. The molecular weight excluding hydrogens is 412 g/mol. The van der Waals surface area contributed by atoms with Gasteiger partial charge < -0.3 is 34.7 Å². The van der Waals surface area contributed by atoms with Crippen LogP contribution in [0.5, 0.6) is 0 Å². The Morgan fingerprint density at radius 1 is 0.871 bits per heavy atom. The molecule has 11 nitrogen and oxygen atoms in total. The average Bonchev–Trinajstić information content (AvgIpc) is 2.66. The number of unbranched alkanes of at least 4 members (excludes halogenated alkanes) is 3. The number of hydrogen-bond donors (Lipinski definition) is 2. The van der Waals surface area contributed by atoms with Crippen molar-refractivity contribution in [3.63, 3.8) is 0 Å². The normalized spacial score (nSPS) is 25.4. The number of esters is 3. The molecule has 1 heterocycles. The number of carbonyl (C=O) groups excluding carboxylic acids is 4. The first-order chi connectivity index (χ1) is 14.6. The standard InChI is InChI=1S/C20H34N2O9/c1-12(23)22-17-19(30-15(4)26)18(29-14(3)25)16(11-28-13(2)24)31-20(17)27-10-8-6-5-7-9-21/h16-20H,5-11,21H2,1-4H3,(H,22,23)/t16?,17?,18-,19+,20+/m0/s1. The highest BCUT2D eigenvalue weighted by molar-refractivity contribution is 5.73. The van der Waals surface area contributed by atoms with Crippen molar-refractivity contribution >= 4 is 23.8 Å². The second-order valence-electron chi connectivity index (χ2n) is 7.29. The van der Waals surface area contributed by atoms with Crippen LogP contribution in [0.15, 0.2) is 0 Å². The van der Waals surface area contributed by atoms with Crippen LogP contribution in [-0.2, 0) is 42.9 Å². The van der Waals surface area contributed by atoms with E-state index in [4.69, 9.17) is 29.4 Å². The summed E-state index contributed by atoms with van der Waals surface area (Å²) in [5, 5.41) is 2.66. The van der Waals surface area contributed by atoms with Gasteiger partial charge in [-0.25, -0.2) is 0 Å². The molecule has 1 saturated heterocycles. The monoisotopic (exact) mass is 446 g/mol. The van der Waals surface area contributed by atoms with Crippen molar-refractivity contribution in [2.75, 3.05) is 19.8 Å². The van der Waals surface area contributed by atoms with E-state index in [0.29, 0.717) is 13.2 Å². The van der Waals surface area contributed by atoms with Crippen LogP contribution < -0.4 is 11.1 Å². The molecule has 0 saturated carbocycles.